The standard InChI is InChI=1S/C8H12N2O2S/c1-5-4-13-8(9-5)10-6(2)7(11)12-3/h4,6H,1-3H3,(H,9,10). The van der Waals surface area contributed by atoms with Gasteiger partial charge in [-0.25, -0.2) is 9.78 Å². The minimum absolute atomic E-state index is 0.284. The molecule has 1 unspecified atom stereocenters. The topological polar surface area (TPSA) is 51.2 Å². The number of anilines is 1. The fraction of sp³-hybridized carbons (Fsp3) is 0.500. The maximum atomic E-state index is 11.0. The lowest BCUT2D eigenvalue weighted by molar-refractivity contribution is -0.141. The van der Waals surface area contributed by atoms with Crippen LogP contribution in [0.1, 0.15) is 12.6 Å². The first kappa shape index (κ1) is 9.98. The lowest BCUT2D eigenvalue weighted by Gasteiger charge is -2.09. The SMILES string of the molecule is COC(=O)C(C)Nc1nc(C)cs1. The van der Waals surface area contributed by atoms with Gasteiger partial charge in [0.2, 0.25) is 0 Å². The molecule has 0 aliphatic carbocycles. The van der Waals surface area contributed by atoms with Crippen molar-refractivity contribution in [3.63, 3.8) is 0 Å². The summed E-state index contributed by atoms with van der Waals surface area (Å²) in [5, 5.41) is 5.61. The van der Waals surface area contributed by atoms with Crippen LogP contribution in [0.3, 0.4) is 0 Å². The molecule has 1 aromatic heterocycles. The van der Waals surface area contributed by atoms with E-state index >= 15 is 0 Å². The molecule has 0 aromatic carbocycles. The molecular formula is C8H12N2O2S. The van der Waals surface area contributed by atoms with Crippen LogP contribution in [0.15, 0.2) is 5.38 Å². The number of hydrogen-bond donors (Lipinski definition) is 1. The Labute approximate surface area is 80.9 Å². The van der Waals surface area contributed by atoms with E-state index in [1.54, 1.807) is 6.92 Å². The monoisotopic (exact) mass is 200 g/mol. The molecule has 0 saturated carbocycles. The highest BCUT2D eigenvalue weighted by molar-refractivity contribution is 7.13. The highest BCUT2D eigenvalue weighted by Crippen LogP contribution is 2.15. The molecule has 1 aromatic rings. The second kappa shape index (κ2) is 4.23. The molecule has 1 N–H and O–H groups in total. The maximum Gasteiger partial charge on any atom is 0.328 e. The Kier molecular flexibility index (Phi) is 3.25. The molecule has 1 atom stereocenters. The molecule has 0 fully saturated rings. The second-order valence-electron chi connectivity index (χ2n) is 2.68. The number of methoxy groups -OCH3 is 1. The second-order valence-corrected chi connectivity index (χ2v) is 3.54. The van der Waals surface area contributed by atoms with Crippen molar-refractivity contribution in [2.75, 3.05) is 12.4 Å². The van der Waals surface area contributed by atoms with Crippen molar-refractivity contribution in [3.05, 3.63) is 11.1 Å². The Morgan fingerprint density at radius 3 is 2.92 bits per heavy atom. The van der Waals surface area contributed by atoms with Crippen molar-refractivity contribution in [3.8, 4) is 0 Å². The first-order valence-electron chi connectivity index (χ1n) is 3.90. The third kappa shape index (κ3) is 2.69. The summed E-state index contributed by atoms with van der Waals surface area (Å²) >= 11 is 1.48. The number of ether oxygens (including phenoxy) is 1. The predicted molar refractivity (Wildman–Crippen MR) is 52.0 cm³/mol. The number of nitrogens with zero attached hydrogens (tertiary/aromatic N) is 1. The number of aromatic nitrogens is 1. The lowest BCUT2D eigenvalue weighted by Crippen LogP contribution is -2.26. The minimum atomic E-state index is -0.351. The van der Waals surface area contributed by atoms with E-state index < -0.39 is 0 Å². The quantitative estimate of drug-likeness (QED) is 0.750. The molecule has 1 rings (SSSR count). The van der Waals surface area contributed by atoms with Gasteiger partial charge in [0.25, 0.3) is 0 Å². The molecule has 5 heteroatoms. The number of hydrogen-bond acceptors (Lipinski definition) is 5. The van der Waals surface area contributed by atoms with Gasteiger partial charge < -0.3 is 10.1 Å². The summed E-state index contributed by atoms with van der Waals surface area (Å²) in [5.74, 6) is -0.284. The van der Waals surface area contributed by atoms with Crippen molar-refractivity contribution < 1.29 is 9.53 Å². The van der Waals surface area contributed by atoms with Crippen LogP contribution in [0.4, 0.5) is 5.13 Å². The van der Waals surface area contributed by atoms with Crippen LogP contribution < -0.4 is 5.32 Å². The van der Waals surface area contributed by atoms with Crippen molar-refractivity contribution in [1.82, 2.24) is 4.98 Å². The third-order valence-electron chi connectivity index (χ3n) is 1.51. The number of carbonyl (C=O) groups is 1. The van der Waals surface area contributed by atoms with E-state index in [0.717, 1.165) is 10.8 Å². The van der Waals surface area contributed by atoms with Gasteiger partial charge in [-0.3, -0.25) is 0 Å². The van der Waals surface area contributed by atoms with E-state index in [2.05, 4.69) is 15.0 Å². The normalized spacial score (nSPS) is 12.2. The summed E-state index contributed by atoms with van der Waals surface area (Å²) < 4.78 is 4.57. The summed E-state index contributed by atoms with van der Waals surface area (Å²) in [4.78, 5) is 15.2. The van der Waals surface area contributed by atoms with Gasteiger partial charge in [-0.2, -0.15) is 0 Å². The van der Waals surface area contributed by atoms with E-state index in [1.807, 2.05) is 12.3 Å². The van der Waals surface area contributed by atoms with Crippen LogP contribution in [-0.2, 0) is 9.53 Å². The van der Waals surface area contributed by atoms with Gasteiger partial charge >= 0.3 is 5.97 Å². The van der Waals surface area contributed by atoms with Gasteiger partial charge in [0.15, 0.2) is 5.13 Å². The molecule has 0 radical (unpaired) electrons. The minimum Gasteiger partial charge on any atom is -0.467 e. The Balaban J connectivity index is 2.54. The zero-order valence-corrected chi connectivity index (χ0v) is 8.64. The van der Waals surface area contributed by atoms with Crippen LogP contribution in [-0.4, -0.2) is 24.1 Å². The summed E-state index contributed by atoms with van der Waals surface area (Å²) in [7, 11) is 1.37. The fourth-order valence-corrected chi connectivity index (χ4v) is 1.62. The lowest BCUT2D eigenvalue weighted by atomic mass is 10.3. The smallest absolute Gasteiger partial charge is 0.328 e. The molecule has 0 aliphatic rings. The summed E-state index contributed by atoms with van der Waals surface area (Å²) in [6, 6.07) is -0.351. The van der Waals surface area contributed by atoms with Crippen molar-refractivity contribution in [1.29, 1.82) is 0 Å². The molecule has 0 spiro atoms. The molecule has 0 amide bonds. The first-order valence-corrected chi connectivity index (χ1v) is 4.78. The van der Waals surface area contributed by atoms with Gasteiger partial charge in [-0.05, 0) is 13.8 Å². The first-order chi connectivity index (χ1) is 6.13. The maximum absolute atomic E-state index is 11.0. The molecule has 13 heavy (non-hydrogen) atoms. The zero-order valence-electron chi connectivity index (χ0n) is 7.83. The Bertz CT molecular complexity index is 298. The van der Waals surface area contributed by atoms with E-state index in [4.69, 9.17) is 0 Å². The number of aryl methyl sites for hydroxylation is 1. The third-order valence-corrected chi connectivity index (χ3v) is 2.41. The van der Waals surface area contributed by atoms with Gasteiger partial charge in [0.1, 0.15) is 6.04 Å². The highest BCUT2D eigenvalue weighted by atomic mass is 32.1. The molecule has 0 aliphatic heterocycles. The van der Waals surface area contributed by atoms with Crippen LogP contribution in [0, 0.1) is 6.92 Å². The van der Waals surface area contributed by atoms with Crippen molar-refractivity contribution in [2.45, 2.75) is 19.9 Å². The molecule has 0 saturated heterocycles. The Morgan fingerprint density at radius 1 is 1.77 bits per heavy atom. The van der Waals surface area contributed by atoms with Crippen LogP contribution >= 0.6 is 11.3 Å². The number of esters is 1. The van der Waals surface area contributed by atoms with E-state index in [-0.39, 0.29) is 12.0 Å². The van der Waals surface area contributed by atoms with Crippen LogP contribution in [0.2, 0.25) is 0 Å². The van der Waals surface area contributed by atoms with Crippen LogP contribution in [0.5, 0.6) is 0 Å². The van der Waals surface area contributed by atoms with E-state index in [0.29, 0.717) is 0 Å². The zero-order chi connectivity index (χ0) is 9.84. The number of carbonyl (C=O) groups excluding carboxylic acids is 1. The van der Waals surface area contributed by atoms with Gasteiger partial charge in [-0.15, -0.1) is 11.3 Å². The molecule has 0 bridgehead atoms. The molecular weight excluding hydrogens is 188 g/mol. The largest absolute Gasteiger partial charge is 0.467 e. The number of thiazole rings is 1. The van der Waals surface area contributed by atoms with Crippen molar-refractivity contribution >= 4 is 22.4 Å². The van der Waals surface area contributed by atoms with Crippen LogP contribution in [0.25, 0.3) is 0 Å². The van der Waals surface area contributed by atoms with Gasteiger partial charge in [0.05, 0.1) is 12.8 Å². The van der Waals surface area contributed by atoms with Gasteiger partial charge in [-0.1, -0.05) is 0 Å². The predicted octanol–water partition coefficient (Wildman–Crippen LogP) is 1.42. The highest BCUT2D eigenvalue weighted by Gasteiger charge is 2.13. The molecule has 4 nitrogen and oxygen atoms in total. The summed E-state index contributed by atoms with van der Waals surface area (Å²) in [6.45, 7) is 3.65. The fourth-order valence-electron chi connectivity index (χ4n) is 0.841. The molecule has 72 valence electrons. The van der Waals surface area contributed by atoms with E-state index in [9.17, 15) is 4.79 Å². The summed E-state index contributed by atoms with van der Waals surface area (Å²) in [6.07, 6.45) is 0. The Hall–Kier alpha value is -1.10. The Morgan fingerprint density at radius 2 is 2.46 bits per heavy atom. The number of nitrogens with one attached hydrogen (secondary N) is 1. The molecule has 1 heterocycles. The van der Waals surface area contributed by atoms with E-state index in [1.165, 1.54) is 18.4 Å². The summed E-state index contributed by atoms with van der Waals surface area (Å²) in [5.41, 5.74) is 0.949. The average molecular weight is 200 g/mol. The average Bonchev–Trinajstić information content (AvgIpc) is 2.49. The van der Waals surface area contributed by atoms with Gasteiger partial charge in [0, 0.05) is 5.38 Å². The van der Waals surface area contributed by atoms with Crippen molar-refractivity contribution in [2.24, 2.45) is 0 Å². The number of rotatable bonds is 3.